The zero-order valence-electron chi connectivity index (χ0n) is 14.7. The van der Waals surface area contributed by atoms with Gasteiger partial charge in [-0.2, -0.15) is 0 Å². The summed E-state index contributed by atoms with van der Waals surface area (Å²) in [5.74, 6) is 0. The van der Waals surface area contributed by atoms with Crippen LogP contribution < -0.4 is 0 Å². The molecule has 0 fully saturated rings. The maximum Gasteiger partial charge on any atom is 0.0711 e. The second-order valence-electron chi connectivity index (χ2n) is 6.46. The van der Waals surface area contributed by atoms with Gasteiger partial charge in [-0.25, -0.2) is 0 Å². The summed E-state index contributed by atoms with van der Waals surface area (Å²) in [7, 11) is 0. The predicted molar refractivity (Wildman–Crippen MR) is 107 cm³/mol. The van der Waals surface area contributed by atoms with Crippen LogP contribution in [0.15, 0.2) is 78.9 Å². The summed E-state index contributed by atoms with van der Waals surface area (Å²) < 4.78 is 0. The van der Waals surface area contributed by atoms with Gasteiger partial charge in [-0.15, -0.1) is 0 Å². The van der Waals surface area contributed by atoms with Gasteiger partial charge in [0, 0.05) is 11.1 Å². The van der Waals surface area contributed by atoms with E-state index in [1.165, 1.54) is 33.2 Å². The summed E-state index contributed by atoms with van der Waals surface area (Å²) in [6.45, 7) is 4.26. The lowest BCUT2D eigenvalue weighted by Crippen LogP contribution is -1.90. The number of nitrogens with zero attached hydrogens (tertiary/aromatic N) is 1. The molecule has 1 heteroatoms. The normalized spacial score (nSPS) is 11.0. The number of fused-ring (bicyclic) bond motifs is 1. The van der Waals surface area contributed by atoms with Crippen LogP contribution in [-0.2, 0) is 6.42 Å². The van der Waals surface area contributed by atoms with E-state index in [-0.39, 0.29) is 0 Å². The van der Waals surface area contributed by atoms with Crippen molar-refractivity contribution in [2.45, 2.75) is 20.3 Å². The molecular weight excluding hydrogens is 302 g/mol. The van der Waals surface area contributed by atoms with Crippen LogP contribution in [0.4, 0.5) is 0 Å². The minimum absolute atomic E-state index is 1.04. The number of aromatic nitrogens is 1. The summed E-state index contributed by atoms with van der Waals surface area (Å²) >= 11 is 0. The van der Waals surface area contributed by atoms with Crippen molar-refractivity contribution >= 4 is 10.9 Å². The number of aryl methyl sites for hydroxylation is 2. The Balaban J connectivity index is 1.84. The third-order valence-electron chi connectivity index (χ3n) is 4.71. The van der Waals surface area contributed by atoms with Gasteiger partial charge < -0.3 is 0 Å². The molecule has 0 amide bonds. The van der Waals surface area contributed by atoms with Crippen molar-refractivity contribution in [3.8, 4) is 22.3 Å². The molecule has 4 rings (SSSR count). The molecule has 0 saturated heterocycles. The fourth-order valence-corrected chi connectivity index (χ4v) is 3.34. The van der Waals surface area contributed by atoms with E-state index >= 15 is 0 Å². The summed E-state index contributed by atoms with van der Waals surface area (Å²) in [6.07, 6.45) is 1.04. The van der Waals surface area contributed by atoms with Gasteiger partial charge in [0.1, 0.15) is 0 Å². The summed E-state index contributed by atoms with van der Waals surface area (Å²) in [6, 6.07) is 28.1. The zero-order chi connectivity index (χ0) is 17.2. The molecule has 0 N–H and O–H groups in total. The van der Waals surface area contributed by atoms with Crippen LogP contribution in [0, 0.1) is 6.92 Å². The highest BCUT2D eigenvalue weighted by Gasteiger charge is 2.08. The summed E-state index contributed by atoms with van der Waals surface area (Å²) in [5, 5.41) is 1.23. The Morgan fingerprint density at radius 1 is 0.720 bits per heavy atom. The molecule has 0 saturated carbocycles. The second kappa shape index (κ2) is 6.52. The van der Waals surface area contributed by atoms with E-state index in [9.17, 15) is 0 Å². The SMILES string of the molecule is CCc1ccc2nc(C)cc(-c3ccc(-c4ccccc4)cc3)c2c1. The first-order valence-corrected chi connectivity index (χ1v) is 8.81. The molecular formula is C24H21N. The average Bonchev–Trinajstić information content (AvgIpc) is 2.68. The molecule has 3 aromatic carbocycles. The van der Waals surface area contributed by atoms with E-state index in [0.717, 1.165) is 17.6 Å². The van der Waals surface area contributed by atoms with Crippen molar-refractivity contribution in [3.63, 3.8) is 0 Å². The lowest BCUT2D eigenvalue weighted by molar-refractivity contribution is 1.14. The molecule has 0 radical (unpaired) electrons. The quantitative estimate of drug-likeness (QED) is 0.423. The summed E-state index contributed by atoms with van der Waals surface area (Å²) in [4.78, 5) is 4.70. The lowest BCUT2D eigenvalue weighted by Gasteiger charge is -2.11. The highest BCUT2D eigenvalue weighted by Crippen LogP contribution is 2.31. The second-order valence-corrected chi connectivity index (χ2v) is 6.46. The molecule has 0 aliphatic heterocycles. The molecule has 4 aromatic rings. The van der Waals surface area contributed by atoms with Crippen LogP contribution in [0.3, 0.4) is 0 Å². The monoisotopic (exact) mass is 323 g/mol. The first-order chi connectivity index (χ1) is 12.2. The molecule has 0 spiro atoms. The molecule has 25 heavy (non-hydrogen) atoms. The van der Waals surface area contributed by atoms with E-state index in [1.54, 1.807) is 0 Å². The Labute approximate surface area is 149 Å². The molecule has 1 aromatic heterocycles. The van der Waals surface area contributed by atoms with Crippen LogP contribution in [0.1, 0.15) is 18.2 Å². The average molecular weight is 323 g/mol. The van der Waals surface area contributed by atoms with Crippen LogP contribution >= 0.6 is 0 Å². The number of benzene rings is 3. The van der Waals surface area contributed by atoms with Crippen molar-refractivity contribution in [1.82, 2.24) is 4.98 Å². The predicted octanol–water partition coefficient (Wildman–Crippen LogP) is 6.44. The minimum atomic E-state index is 1.04. The van der Waals surface area contributed by atoms with Gasteiger partial charge in [0.2, 0.25) is 0 Å². The first kappa shape index (κ1) is 15.6. The summed E-state index contributed by atoms with van der Waals surface area (Å²) in [5.41, 5.74) is 8.46. The van der Waals surface area contributed by atoms with Crippen molar-refractivity contribution in [3.05, 3.63) is 90.1 Å². The van der Waals surface area contributed by atoms with Crippen LogP contribution in [0.2, 0.25) is 0 Å². The molecule has 122 valence electrons. The molecule has 0 aliphatic carbocycles. The Kier molecular flexibility index (Phi) is 4.07. The third-order valence-corrected chi connectivity index (χ3v) is 4.71. The van der Waals surface area contributed by atoms with Crippen molar-refractivity contribution in [2.24, 2.45) is 0 Å². The van der Waals surface area contributed by atoms with E-state index in [4.69, 9.17) is 4.98 Å². The molecule has 0 atom stereocenters. The number of pyridine rings is 1. The van der Waals surface area contributed by atoms with Gasteiger partial charge in [-0.3, -0.25) is 4.98 Å². The van der Waals surface area contributed by atoms with E-state index in [2.05, 4.69) is 92.7 Å². The van der Waals surface area contributed by atoms with Gasteiger partial charge in [-0.1, -0.05) is 67.6 Å². The smallest absolute Gasteiger partial charge is 0.0711 e. The maximum absolute atomic E-state index is 4.70. The van der Waals surface area contributed by atoms with Crippen LogP contribution in [0.25, 0.3) is 33.2 Å². The highest BCUT2D eigenvalue weighted by atomic mass is 14.7. The third kappa shape index (κ3) is 3.06. The van der Waals surface area contributed by atoms with Crippen molar-refractivity contribution in [2.75, 3.05) is 0 Å². The topological polar surface area (TPSA) is 12.9 Å². The fraction of sp³-hybridized carbons (Fsp3) is 0.125. The Bertz CT molecular complexity index is 1020. The number of hydrogen-bond donors (Lipinski definition) is 0. The van der Waals surface area contributed by atoms with Crippen LogP contribution in [0.5, 0.6) is 0 Å². The Morgan fingerprint density at radius 2 is 1.40 bits per heavy atom. The van der Waals surface area contributed by atoms with Crippen LogP contribution in [-0.4, -0.2) is 4.98 Å². The molecule has 0 aliphatic rings. The van der Waals surface area contributed by atoms with Gasteiger partial charge in [-0.05, 0) is 59.4 Å². The fourth-order valence-electron chi connectivity index (χ4n) is 3.34. The molecule has 1 heterocycles. The van der Waals surface area contributed by atoms with E-state index in [0.29, 0.717) is 0 Å². The zero-order valence-corrected chi connectivity index (χ0v) is 14.7. The highest BCUT2D eigenvalue weighted by molar-refractivity contribution is 5.95. The minimum Gasteiger partial charge on any atom is -0.253 e. The lowest BCUT2D eigenvalue weighted by atomic mass is 9.96. The number of hydrogen-bond acceptors (Lipinski definition) is 1. The number of rotatable bonds is 3. The standard InChI is InChI=1S/C24H21N/c1-3-18-9-14-24-23(16-18)22(15-17(2)25-24)21-12-10-20(11-13-21)19-7-5-4-6-8-19/h4-16H,3H2,1-2H3. The van der Waals surface area contributed by atoms with Crippen molar-refractivity contribution in [1.29, 1.82) is 0 Å². The first-order valence-electron chi connectivity index (χ1n) is 8.81. The molecule has 0 unspecified atom stereocenters. The van der Waals surface area contributed by atoms with Crippen molar-refractivity contribution < 1.29 is 0 Å². The van der Waals surface area contributed by atoms with Gasteiger partial charge >= 0.3 is 0 Å². The van der Waals surface area contributed by atoms with Gasteiger partial charge in [0.15, 0.2) is 0 Å². The molecule has 1 nitrogen and oxygen atoms in total. The van der Waals surface area contributed by atoms with Gasteiger partial charge in [0.25, 0.3) is 0 Å². The Morgan fingerprint density at radius 3 is 2.12 bits per heavy atom. The molecule has 0 bridgehead atoms. The van der Waals surface area contributed by atoms with E-state index < -0.39 is 0 Å². The maximum atomic E-state index is 4.70. The van der Waals surface area contributed by atoms with E-state index in [1.807, 2.05) is 0 Å². The Hall–Kier alpha value is -2.93. The largest absolute Gasteiger partial charge is 0.253 e. The van der Waals surface area contributed by atoms with Gasteiger partial charge in [0.05, 0.1) is 5.52 Å².